The smallest absolute Gasteiger partial charge is 0.305 e. The molecule has 40 heavy (non-hydrogen) atoms. The third kappa shape index (κ3) is 4.44. The van der Waals surface area contributed by atoms with Crippen molar-refractivity contribution in [3.63, 3.8) is 0 Å². The number of nitro benzene ring substituents is 1. The van der Waals surface area contributed by atoms with Gasteiger partial charge in [0.05, 0.1) is 28.7 Å². The molecule has 6 rings (SSSR count). The number of amides is 2. The number of aromatic amines is 1. The number of thioether (sulfide) groups is 1. The molecule has 3 atom stereocenters. The van der Waals surface area contributed by atoms with Crippen LogP contribution in [0.15, 0.2) is 82.6 Å². The lowest BCUT2D eigenvalue weighted by Crippen LogP contribution is -2.32. The van der Waals surface area contributed by atoms with Crippen LogP contribution < -0.4 is 19.2 Å². The number of ether oxygens (including phenoxy) is 2. The molecule has 1 N–H and O–H groups in total. The maximum Gasteiger partial charge on any atom is 0.305 e. The molecule has 0 aliphatic carbocycles. The van der Waals surface area contributed by atoms with E-state index >= 15 is 0 Å². The molecule has 12 heteroatoms. The zero-order valence-electron chi connectivity index (χ0n) is 20.9. The summed E-state index contributed by atoms with van der Waals surface area (Å²) in [6, 6.07) is 20.2. The Balaban J connectivity index is 1.47. The quantitative estimate of drug-likeness (QED) is 0.190. The SMILES string of the molecule is COc1ccc(N2C(=O)C3Sc4[nH]c(=O)sc4C(c4cc([N+](=O)[O-])ccc4OCc4ccccc4)C3C2=O)cc1. The van der Waals surface area contributed by atoms with E-state index in [1.807, 2.05) is 30.3 Å². The molecule has 0 spiro atoms. The van der Waals surface area contributed by atoms with Crippen molar-refractivity contribution < 1.29 is 24.0 Å². The maximum atomic E-state index is 14.0. The molecule has 0 bridgehead atoms. The van der Waals surface area contributed by atoms with Crippen molar-refractivity contribution in [1.82, 2.24) is 4.98 Å². The van der Waals surface area contributed by atoms with Gasteiger partial charge in [-0.3, -0.25) is 24.5 Å². The molecule has 4 aromatic rings. The third-order valence-electron chi connectivity index (χ3n) is 6.93. The van der Waals surface area contributed by atoms with E-state index < -0.39 is 33.8 Å². The summed E-state index contributed by atoms with van der Waals surface area (Å²) in [6.07, 6.45) is 0. The fourth-order valence-electron chi connectivity index (χ4n) is 5.10. The number of carbonyl (C=O) groups is 2. The monoisotopic (exact) mass is 575 g/mol. The number of aromatic nitrogens is 1. The Hall–Kier alpha value is -4.42. The fraction of sp³-hybridized carbons (Fsp3) is 0.179. The standard InChI is InChI=1S/C28H21N3O7S2/c1-37-18-10-7-16(8-11-18)30-26(32)22-21(23-25(29-28(34)40-23)39-24(22)27(30)33)19-13-17(31(35)36)9-12-20(19)38-14-15-5-3-2-4-6-15/h2-13,21-22,24H,14H2,1H3,(H,29,34). The predicted octanol–water partition coefficient (Wildman–Crippen LogP) is 4.73. The van der Waals surface area contributed by atoms with Crippen molar-refractivity contribution in [3.8, 4) is 11.5 Å². The van der Waals surface area contributed by atoms with Crippen molar-refractivity contribution in [2.24, 2.45) is 5.92 Å². The Labute approximate surface area is 235 Å². The van der Waals surface area contributed by atoms with Gasteiger partial charge in [0.1, 0.15) is 23.4 Å². The fourth-order valence-corrected chi connectivity index (χ4v) is 7.60. The number of nitrogens with one attached hydrogen (secondary N) is 1. The van der Waals surface area contributed by atoms with Gasteiger partial charge >= 0.3 is 4.87 Å². The highest BCUT2D eigenvalue weighted by Crippen LogP contribution is 2.55. The van der Waals surface area contributed by atoms with Gasteiger partial charge in [-0.05, 0) is 35.9 Å². The lowest BCUT2D eigenvalue weighted by molar-refractivity contribution is -0.385. The van der Waals surface area contributed by atoms with Gasteiger partial charge in [-0.25, -0.2) is 4.90 Å². The first-order chi connectivity index (χ1) is 19.4. The highest BCUT2D eigenvalue weighted by Gasteiger charge is 2.57. The van der Waals surface area contributed by atoms with Gasteiger partial charge in [-0.15, -0.1) is 0 Å². The average Bonchev–Trinajstić information content (AvgIpc) is 3.46. The predicted molar refractivity (Wildman–Crippen MR) is 149 cm³/mol. The normalized spacial score (nSPS) is 19.7. The summed E-state index contributed by atoms with van der Waals surface area (Å²) < 4.78 is 11.3. The molecule has 2 amide bonds. The molecule has 0 radical (unpaired) electrons. The minimum absolute atomic E-state index is 0.183. The number of carbonyl (C=O) groups excluding carboxylic acids is 2. The number of rotatable bonds is 7. The summed E-state index contributed by atoms with van der Waals surface area (Å²) in [7, 11) is 1.52. The van der Waals surface area contributed by atoms with Crippen LogP contribution in [-0.2, 0) is 16.2 Å². The van der Waals surface area contributed by atoms with E-state index in [1.165, 1.54) is 25.3 Å². The minimum Gasteiger partial charge on any atom is -0.497 e. The molecule has 3 heterocycles. The average molecular weight is 576 g/mol. The van der Waals surface area contributed by atoms with Gasteiger partial charge in [-0.1, -0.05) is 53.4 Å². The first kappa shape index (κ1) is 25.8. The van der Waals surface area contributed by atoms with Gasteiger partial charge in [-0.2, -0.15) is 0 Å². The van der Waals surface area contributed by atoms with Gasteiger partial charge in [0.15, 0.2) is 0 Å². The number of imide groups is 1. The molecule has 1 saturated heterocycles. The summed E-state index contributed by atoms with van der Waals surface area (Å²) in [5.41, 5.74) is 1.45. The Morgan fingerprint density at radius 3 is 2.45 bits per heavy atom. The number of non-ortho nitro benzene ring substituents is 1. The second kappa shape index (κ2) is 10.3. The molecule has 2 aliphatic rings. The van der Waals surface area contributed by atoms with Crippen LogP contribution in [0.1, 0.15) is 21.9 Å². The maximum absolute atomic E-state index is 14.0. The van der Waals surface area contributed by atoms with Gasteiger partial charge < -0.3 is 14.5 Å². The van der Waals surface area contributed by atoms with Crippen molar-refractivity contribution in [2.45, 2.75) is 22.8 Å². The van der Waals surface area contributed by atoms with E-state index in [4.69, 9.17) is 9.47 Å². The Morgan fingerprint density at radius 2 is 1.75 bits per heavy atom. The lowest BCUT2D eigenvalue weighted by atomic mass is 9.82. The number of nitro groups is 1. The van der Waals surface area contributed by atoms with Crippen molar-refractivity contribution >= 4 is 46.3 Å². The summed E-state index contributed by atoms with van der Waals surface area (Å²) in [6.45, 7) is 0.183. The molecule has 1 aromatic heterocycles. The molecular formula is C28H21N3O7S2. The van der Waals surface area contributed by atoms with Crippen LogP contribution in [0.3, 0.4) is 0 Å². The minimum atomic E-state index is -0.917. The van der Waals surface area contributed by atoms with E-state index in [-0.39, 0.29) is 17.2 Å². The number of hydrogen-bond acceptors (Lipinski definition) is 9. The van der Waals surface area contributed by atoms with Gasteiger partial charge in [0.25, 0.3) is 5.69 Å². The van der Waals surface area contributed by atoms with Gasteiger partial charge in [0, 0.05) is 28.5 Å². The summed E-state index contributed by atoms with van der Waals surface area (Å²) in [4.78, 5) is 55.5. The highest BCUT2D eigenvalue weighted by molar-refractivity contribution is 8.00. The van der Waals surface area contributed by atoms with Crippen LogP contribution in [-0.4, -0.2) is 34.1 Å². The van der Waals surface area contributed by atoms with E-state index in [2.05, 4.69) is 4.98 Å². The largest absolute Gasteiger partial charge is 0.497 e. The van der Waals surface area contributed by atoms with E-state index in [9.17, 15) is 24.5 Å². The van der Waals surface area contributed by atoms with E-state index in [1.54, 1.807) is 24.3 Å². The van der Waals surface area contributed by atoms with Gasteiger partial charge in [0.2, 0.25) is 11.8 Å². The van der Waals surface area contributed by atoms with Crippen molar-refractivity contribution in [3.05, 3.63) is 109 Å². The molecule has 0 saturated carbocycles. The summed E-state index contributed by atoms with van der Waals surface area (Å²) in [5.74, 6) is -1.71. The first-order valence-electron chi connectivity index (χ1n) is 12.2. The van der Waals surface area contributed by atoms with E-state index in [0.717, 1.165) is 33.6 Å². The number of methoxy groups -OCH3 is 1. The number of fused-ring (bicyclic) bond motifs is 2. The Bertz CT molecular complexity index is 1680. The van der Waals surface area contributed by atoms with Crippen LogP contribution in [0.2, 0.25) is 0 Å². The number of nitrogens with zero attached hydrogens (tertiary/aromatic N) is 2. The second-order valence-corrected chi connectivity index (χ2v) is 11.4. The molecule has 3 aromatic carbocycles. The van der Waals surface area contributed by atoms with Crippen LogP contribution in [0.4, 0.5) is 11.4 Å². The molecule has 3 unspecified atom stereocenters. The molecule has 10 nitrogen and oxygen atoms in total. The van der Waals surface area contributed by atoms with Crippen LogP contribution >= 0.6 is 23.1 Å². The number of H-pyrrole nitrogens is 1. The topological polar surface area (TPSA) is 132 Å². The van der Waals surface area contributed by atoms with Crippen LogP contribution in [0, 0.1) is 16.0 Å². The van der Waals surface area contributed by atoms with Crippen molar-refractivity contribution in [2.75, 3.05) is 12.0 Å². The molecular weight excluding hydrogens is 554 g/mol. The zero-order chi connectivity index (χ0) is 28.0. The lowest BCUT2D eigenvalue weighted by Gasteiger charge is -2.30. The Morgan fingerprint density at radius 1 is 1.00 bits per heavy atom. The number of thiazole rings is 1. The second-order valence-electron chi connectivity index (χ2n) is 9.21. The molecule has 202 valence electrons. The zero-order valence-corrected chi connectivity index (χ0v) is 22.6. The highest BCUT2D eigenvalue weighted by atomic mass is 32.2. The number of benzene rings is 3. The summed E-state index contributed by atoms with van der Waals surface area (Å²) in [5, 5.41) is 11.4. The first-order valence-corrected chi connectivity index (χ1v) is 13.9. The molecule has 1 fully saturated rings. The van der Waals surface area contributed by atoms with E-state index in [0.29, 0.717) is 32.7 Å². The van der Waals surface area contributed by atoms with Crippen molar-refractivity contribution in [1.29, 1.82) is 0 Å². The van der Waals surface area contributed by atoms with Crippen LogP contribution in [0.25, 0.3) is 0 Å². The van der Waals surface area contributed by atoms with Crippen LogP contribution in [0.5, 0.6) is 11.5 Å². The number of hydrogen-bond donors (Lipinski definition) is 1. The third-order valence-corrected chi connectivity index (χ3v) is 9.33. The number of anilines is 1. The molecule has 2 aliphatic heterocycles. The summed E-state index contributed by atoms with van der Waals surface area (Å²) >= 11 is 2.06. The Kier molecular flexibility index (Phi) is 6.64.